The fourth-order valence-corrected chi connectivity index (χ4v) is 7.67. The van der Waals surface area contributed by atoms with Gasteiger partial charge in [-0.1, -0.05) is 54.6 Å². The van der Waals surface area contributed by atoms with Gasteiger partial charge in [0.2, 0.25) is 5.91 Å². The summed E-state index contributed by atoms with van der Waals surface area (Å²) in [4.78, 5) is 28.8. The zero-order valence-electron chi connectivity index (χ0n) is 21.1. The van der Waals surface area contributed by atoms with Gasteiger partial charge in [-0.25, -0.2) is 0 Å². The average Bonchev–Trinajstić information content (AvgIpc) is 3.38. The molecule has 1 aliphatic heterocycles. The summed E-state index contributed by atoms with van der Waals surface area (Å²) in [7, 11) is 3.25. The monoisotopic (exact) mass is 497 g/mol. The van der Waals surface area contributed by atoms with Crippen molar-refractivity contribution in [2.75, 3.05) is 27.3 Å². The number of hydrogen-bond acceptors (Lipinski definition) is 4. The van der Waals surface area contributed by atoms with Crippen molar-refractivity contribution in [1.29, 1.82) is 0 Å². The molecule has 3 aromatic rings. The maximum Gasteiger partial charge on any atom is 0.312 e. The highest BCUT2D eigenvalue weighted by atomic mass is 16.5. The number of ether oxygens (including phenoxy) is 2. The van der Waals surface area contributed by atoms with Crippen LogP contribution in [-0.2, 0) is 21.4 Å². The van der Waals surface area contributed by atoms with Crippen LogP contribution in [0.1, 0.15) is 41.0 Å². The third kappa shape index (κ3) is 3.24. The predicted molar refractivity (Wildman–Crippen MR) is 139 cm³/mol. The fraction of sp³-hybridized carbons (Fsp3) is 0.355. The quantitative estimate of drug-likeness (QED) is 0.537. The Bertz CT molecular complexity index is 1390. The second-order valence-corrected chi connectivity index (χ2v) is 10.5. The number of fused-ring (bicyclic) bond motifs is 1. The molecule has 6 nitrogen and oxygen atoms in total. The van der Waals surface area contributed by atoms with Crippen LogP contribution >= 0.6 is 0 Å². The Labute approximate surface area is 216 Å². The minimum Gasteiger partial charge on any atom is -0.497 e. The van der Waals surface area contributed by atoms with Crippen LogP contribution in [-0.4, -0.2) is 49.2 Å². The van der Waals surface area contributed by atoms with Crippen LogP contribution in [0.25, 0.3) is 0 Å². The molecular weight excluding hydrogens is 466 g/mol. The minimum atomic E-state index is -1.05. The number of rotatable bonds is 6. The number of carbonyl (C=O) groups is 2. The summed E-state index contributed by atoms with van der Waals surface area (Å²) >= 11 is 0. The van der Waals surface area contributed by atoms with Crippen LogP contribution in [0.4, 0.5) is 0 Å². The van der Waals surface area contributed by atoms with E-state index in [1.807, 2.05) is 54.6 Å². The van der Waals surface area contributed by atoms with Crippen LogP contribution in [0, 0.1) is 11.3 Å². The Balaban J connectivity index is 1.48. The third-order valence-corrected chi connectivity index (χ3v) is 9.21. The number of carboxylic acids is 1. The van der Waals surface area contributed by atoms with Crippen LogP contribution in [0.3, 0.4) is 0 Å². The second-order valence-electron chi connectivity index (χ2n) is 10.5. The van der Waals surface area contributed by atoms with Crippen LogP contribution in [0.15, 0.2) is 72.8 Å². The molecular formula is C31H31NO5. The summed E-state index contributed by atoms with van der Waals surface area (Å²) in [6.07, 6.45) is 1.79. The number of methoxy groups -OCH3 is 2. The van der Waals surface area contributed by atoms with Gasteiger partial charge in [-0.3, -0.25) is 9.59 Å². The highest BCUT2D eigenvalue weighted by molar-refractivity contribution is 5.85. The Morgan fingerprint density at radius 2 is 1.78 bits per heavy atom. The number of carboxylic acid groups (broad SMARTS) is 1. The predicted octanol–water partition coefficient (Wildman–Crippen LogP) is 4.65. The number of amides is 1. The van der Waals surface area contributed by atoms with E-state index >= 15 is 0 Å². The smallest absolute Gasteiger partial charge is 0.312 e. The van der Waals surface area contributed by atoms with E-state index in [0.29, 0.717) is 12.3 Å². The molecule has 4 unspecified atom stereocenters. The Hall–Kier alpha value is -3.80. The number of carbonyl (C=O) groups excluding carboxylic acids is 1. The number of para-hydroxylation sites is 1. The van der Waals surface area contributed by atoms with Crippen LogP contribution < -0.4 is 9.47 Å². The van der Waals surface area contributed by atoms with Gasteiger partial charge < -0.3 is 19.5 Å². The number of aliphatic carboxylic acids is 1. The average molecular weight is 498 g/mol. The maximum absolute atomic E-state index is 13.7. The largest absolute Gasteiger partial charge is 0.497 e. The van der Waals surface area contributed by atoms with Crippen molar-refractivity contribution in [2.24, 2.45) is 11.3 Å². The normalized spacial score (nSPS) is 27.4. The summed E-state index contributed by atoms with van der Waals surface area (Å²) in [6.45, 7) is 0.619. The molecule has 6 heteroatoms. The van der Waals surface area contributed by atoms with Crippen molar-refractivity contribution in [1.82, 2.24) is 4.90 Å². The standard InChI is InChI=1S/C31H31NO5/c1-36-22-10-7-9-21(17-22)30-15-14-25(23-11-4-5-12-24(23)30)31(29(34)35)19-32(18-27(30)31)28(33)16-20-8-3-6-13-26(20)37-2/h3-13,17,25,27H,14-16,18-19H2,1-2H3,(H,34,35). The lowest BCUT2D eigenvalue weighted by Crippen LogP contribution is -2.60. The van der Waals surface area contributed by atoms with Crippen molar-refractivity contribution < 1.29 is 24.2 Å². The Morgan fingerprint density at radius 3 is 2.57 bits per heavy atom. The topological polar surface area (TPSA) is 76.1 Å². The SMILES string of the molecule is COc1cccc(C23CCC(c4ccccc42)C2(C(=O)O)CN(C(=O)Cc4ccccc4OC)CC32)c1. The maximum atomic E-state index is 13.7. The number of nitrogens with zero attached hydrogens (tertiary/aromatic N) is 1. The van der Waals surface area contributed by atoms with Gasteiger partial charge in [0.25, 0.3) is 0 Å². The molecule has 1 N–H and O–H groups in total. The molecule has 1 saturated carbocycles. The van der Waals surface area contributed by atoms with Crippen molar-refractivity contribution in [3.8, 4) is 11.5 Å². The van der Waals surface area contributed by atoms with Crippen molar-refractivity contribution >= 4 is 11.9 Å². The van der Waals surface area contributed by atoms with Crippen molar-refractivity contribution in [3.05, 3.63) is 95.1 Å². The van der Waals surface area contributed by atoms with E-state index < -0.39 is 16.8 Å². The molecule has 4 aliphatic rings. The van der Waals surface area contributed by atoms with E-state index in [0.717, 1.165) is 35.3 Å². The molecule has 0 spiro atoms. The molecule has 2 bridgehead atoms. The zero-order chi connectivity index (χ0) is 25.8. The lowest BCUT2D eigenvalue weighted by molar-refractivity contribution is -0.157. The molecule has 0 radical (unpaired) electrons. The summed E-state index contributed by atoms with van der Waals surface area (Å²) in [5.74, 6) is 0.156. The fourth-order valence-electron chi connectivity index (χ4n) is 7.67. The summed E-state index contributed by atoms with van der Waals surface area (Å²) < 4.78 is 11.0. The van der Waals surface area contributed by atoms with Gasteiger partial charge in [-0.15, -0.1) is 0 Å². The molecule has 1 saturated heterocycles. The first kappa shape index (κ1) is 23.6. The molecule has 190 valence electrons. The first-order valence-electron chi connectivity index (χ1n) is 12.8. The first-order chi connectivity index (χ1) is 18.0. The Kier molecular flexibility index (Phi) is 5.51. The molecule has 1 amide bonds. The van der Waals surface area contributed by atoms with Crippen molar-refractivity contribution in [3.63, 3.8) is 0 Å². The summed E-state index contributed by atoms with van der Waals surface area (Å²) in [5, 5.41) is 10.9. The third-order valence-electron chi connectivity index (χ3n) is 9.21. The van der Waals surface area contributed by atoms with Gasteiger partial charge >= 0.3 is 5.97 Å². The molecule has 1 heterocycles. The minimum absolute atomic E-state index is 0.0660. The van der Waals surface area contributed by atoms with Gasteiger partial charge in [-0.05, 0) is 47.7 Å². The van der Waals surface area contributed by atoms with Gasteiger partial charge in [0.05, 0.1) is 26.1 Å². The van der Waals surface area contributed by atoms with Gasteiger partial charge in [0.15, 0.2) is 0 Å². The zero-order valence-corrected chi connectivity index (χ0v) is 21.1. The lowest BCUT2D eigenvalue weighted by atomic mass is 9.42. The molecule has 0 aromatic heterocycles. The highest BCUT2D eigenvalue weighted by Crippen LogP contribution is 2.69. The van der Waals surface area contributed by atoms with E-state index in [2.05, 4.69) is 18.2 Å². The molecule has 3 aromatic carbocycles. The highest BCUT2D eigenvalue weighted by Gasteiger charge is 2.70. The van der Waals surface area contributed by atoms with Gasteiger partial charge in [0, 0.05) is 35.9 Å². The summed E-state index contributed by atoms with van der Waals surface area (Å²) in [6, 6.07) is 23.9. The molecule has 37 heavy (non-hydrogen) atoms. The van der Waals surface area contributed by atoms with E-state index in [1.54, 1.807) is 19.1 Å². The molecule has 2 fully saturated rings. The van der Waals surface area contributed by atoms with E-state index in [9.17, 15) is 14.7 Å². The number of hydrogen-bond donors (Lipinski definition) is 1. The first-order valence-corrected chi connectivity index (χ1v) is 12.8. The molecule has 7 rings (SSSR count). The lowest BCUT2D eigenvalue weighted by Gasteiger charge is -2.59. The van der Waals surface area contributed by atoms with Crippen molar-refractivity contribution in [2.45, 2.75) is 30.6 Å². The molecule has 4 atom stereocenters. The Morgan fingerprint density at radius 1 is 1.00 bits per heavy atom. The van der Waals surface area contributed by atoms with Gasteiger partial charge in [-0.2, -0.15) is 0 Å². The molecule has 3 aliphatic carbocycles. The van der Waals surface area contributed by atoms with Crippen LogP contribution in [0.2, 0.25) is 0 Å². The van der Waals surface area contributed by atoms with Crippen LogP contribution in [0.5, 0.6) is 11.5 Å². The van der Waals surface area contributed by atoms with E-state index in [-0.39, 0.29) is 30.7 Å². The van der Waals surface area contributed by atoms with E-state index in [1.165, 1.54) is 5.56 Å². The number of benzene rings is 3. The summed E-state index contributed by atoms with van der Waals surface area (Å²) in [5.41, 5.74) is 2.61. The number of likely N-dealkylation sites (tertiary alicyclic amines) is 1. The second kappa shape index (κ2) is 8.65. The van der Waals surface area contributed by atoms with E-state index in [4.69, 9.17) is 9.47 Å². The van der Waals surface area contributed by atoms with Gasteiger partial charge in [0.1, 0.15) is 11.5 Å².